The van der Waals surface area contributed by atoms with Crippen LogP contribution in [-0.2, 0) is 11.5 Å². The zero-order valence-electron chi connectivity index (χ0n) is 18.6. The summed E-state index contributed by atoms with van der Waals surface area (Å²) in [6.07, 6.45) is 3.94. The zero-order chi connectivity index (χ0) is 21.7. The van der Waals surface area contributed by atoms with Gasteiger partial charge in [-0.05, 0) is 29.3 Å². The van der Waals surface area contributed by atoms with Crippen molar-refractivity contribution in [3.63, 3.8) is 0 Å². The number of ether oxygens (including phenoxy) is 1. The molecule has 2 heterocycles. The molecular weight excluding hydrogens is 398 g/mol. The van der Waals surface area contributed by atoms with Gasteiger partial charge in [-0.2, -0.15) is 0 Å². The van der Waals surface area contributed by atoms with Gasteiger partial charge in [-0.15, -0.1) is 0 Å². The van der Waals surface area contributed by atoms with Crippen LogP contribution in [-0.4, -0.2) is 24.2 Å². The molecule has 0 aliphatic heterocycles. The predicted octanol–water partition coefficient (Wildman–Crippen LogP) is 6.55. The van der Waals surface area contributed by atoms with Crippen molar-refractivity contribution in [1.82, 2.24) is 9.55 Å². The molecule has 2 aromatic carbocycles. The van der Waals surface area contributed by atoms with E-state index in [1.807, 2.05) is 6.20 Å². The first kappa shape index (κ1) is 21.3. The molecule has 4 nitrogen and oxygen atoms in total. The van der Waals surface area contributed by atoms with Gasteiger partial charge >= 0.3 is 0 Å². The second-order valence-corrected chi connectivity index (χ2v) is 14.7. The van der Waals surface area contributed by atoms with Crippen molar-refractivity contribution in [2.24, 2.45) is 0 Å². The Hall–Kier alpha value is -2.89. The van der Waals surface area contributed by atoms with Gasteiger partial charge in [-0.25, -0.2) is 4.98 Å². The van der Waals surface area contributed by atoms with E-state index in [0.717, 1.165) is 23.3 Å². The van der Waals surface area contributed by atoms with Crippen molar-refractivity contribution in [3.05, 3.63) is 96.3 Å². The summed E-state index contributed by atoms with van der Waals surface area (Å²) in [5, 5.41) is 4.87. The fourth-order valence-corrected chi connectivity index (χ4v) is 4.42. The Labute approximate surface area is 185 Å². The van der Waals surface area contributed by atoms with Crippen LogP contribution in [0.25, 0.3) is 11.0 Å². The highest BCUT2D eigenvalue weighted by Crippen LogP contribution is 2.30. The number of hydrogen-bond donors (Lipinski definition) is 1. The summed E-state index contributed by atoms with van der Waals surface area (Å²) in [6.45, 7) is 8.45. The maximum atomic E-state index is 5.96. The minimum Gasteiger partial charge on any atom is -0.374 e. The average molecular weight is 430 g/mol. The lowest BCUT2D eigenvalue weighted by molar-refractivity contribution is 0.0899. The first-order valence-electron chi connectivity index (χ1n) is 10.9. The Morgan fingerprint density at radius 1 is 0.903 bits per heavy atom. The van der Waals surface area contributed by atoms with E-state index in [1.54, 1.807) is 0 Å². The van der Waals surface area contributed by atoms with Crippen molar-refractivity contribution >= 4 is 24.8 Å². The standard InChI is InChI=1S/C26H31N3OSi/c1-31(2,3)19-18-30-20-29-17-15-23-24(14-16-27-26(23)29)28-25(21-10-6-4-7-11-21)22-12-8-5-9-13-22/h4-17,25H,18-20H2,1-3H3,(H,27,28). The number of pyridine rings is 1. The summed E-state index contributed by atoms with van der Waals surface area (Å²) in [7, 11) is -1.08. The number of benzene rings is 2. The van der Waals surface area contributed by atoms with Crippen LogP contribution in [0.5, 0.6) is 0 Å². The molecule has 0 saturated carbocycles. The Balaban J connectivity index is 1.58. The van der Waals surface area contributed by atoms with Crippen LogP contribution < -0.4 is 5.32 Å². The monoisotopic (exact) mass is 429 g/mol. The topological polar surface area (TPSA) is 39.1 Å². The average Bonchev–Trinajstić information content (AvgIpc) is 3.19. The van der Waals surface area contributed by atoms with E-state index < -0.39 is 8.07 Å². The largest absolute Gasteiger partial charge is 0.374 e. The van der Waals surface area contributed by atoms with Crippen LogP contribution in [0, 0.1) is 0 Å². The number of rotatable bonds is 9. The van der Waals surface area contributed by atoms with Gasteiger partial charge in [-0.3, -0.25) is 0 Å². The van der Waals surface area contributed by atoms with E-state index in [4.69, 9.17) is 4.74 Å². The van der Waals surface area contributed by atoms with Crippen molar-refractivity contribution < 1.29 is 4.74 Å². The fraction of sp³-hybridized carbons (Fsp3) is 0.269. The summed E-state index contributed by atoms with van der Waals surface area (Å²) in [6, 6.07) is 26.5. The molecule has 160 valence electrons. The van der Waals surface area contributed by atoms with E-state index >= 15 is 0 Å². The minimum atomic E-state index is -1.08. The maximum absolute atomic E-state index is 5.96. The predicted molar refractivity (Wildman–Crippen MR) is 132 cm³/mol. The fourth-order valence-electron chi connectivity index (χ4n) is 3.67. The summed E-state index contributed by atoms with van der Waals surface area (Å²) in [5.41, 5.74) is 4.47. The molecule has 4 aromatic rings. The highest BCUT2D eigenvalue weighted by molar-refractivity contribution is 6.76. The SMILES string of the molecule is C[Si](C)(C)CCOCn1ccc2c(NC(c3ccccc3)c3ccccc3)ccnc21. The molecule has 1 N–H and O–H groups in total. The van der Waals surface area contributed by atoms with E-state index in [1.165, 1.54) is 17.2 Å². The third-order valence-electron chi connectivity index (χ3n) is 5.45. The van der Waals surface area contributed by atoms with Crippen LogP contribution in [0.4, 0.5) is 5.69 Å². The van der Waals surface area contributed by atoms with Crippen molar-refractivity contribution in [1.29, 1.82) is 0 Å². The van der Waals surface area contributed by atoms with Crippen molar-refractivity contribution in [2.75, 3.05) is 11.9 Å². The first-order valence-corrected chi connectivity index (χ1v) is 14.6. The molecule has 0 aliphatic rings. The van der Waals surface area contributed by atoms with Gasteiger partial charge in [0.15, 0.2) is 0 Å². The molecule has 2 aromatic heterocycles. The number of anilines is 1. The Bertz CT molecular complexity index is 1060. The molecule has 0 radical (unpaired) electrons. The summed E-state index contributed by atoms with van der Waals surface area (Å²) in [4.78, 5) is 4.63. The molecule has 0 amide bonds. The molecule has 0 spiro atoms. The Morgan fingerprint density at radius 3 is 2.16 bits per heavy atom. The molecule has 0 unspecified atom stereocenters. The van der Waals surface area contributed by atoms with Crippen LogP contribution >= 0.6 is 0 Å². The third-order valence-corrected chi connectivity index (χ3v) is 7.16. The quantitative estimate of drug-likeness (QED) is 0.242. The van der Waals surface area contributed by atoms with Gasteiger partial charge in [-0.1, -0.05) is 80.3 Å². The molecule has 31 heavy (non-hydrogen) atoms. The van der Waals surface area contributed by atoms with Gasteiger partial charge in [0.25, 0.3) is 0 Å². The van der Waals surface area contributed by atoms with Crippen molar-refractivity contribution in [3.8, 4) is 0 Å². The second kappa shape index (κ2) is 9.50. The molecule has 0 saturated heterocycles. The summed E-state index contributed by atoms with van der Waals surface area (Å²) >= 11 is 0. The van der Waals surface area contributed by atoms with Gasteiger partial charge < -0.3 is 14.6 Å². The lowest BCUT2D eigenvalue weighted by Crippen LogP contribution is -2.22. The van der Waals surface area contributed by atoms with E-state index in [2.05, 4.69) is 114 Å². The Kier molecular flexibility index (Phi) is 6.54. The molecule has 0 fully saturated rings. The van der Waals surface area contributed by atoms with Gasteiger partial charge in [0, 0.05) is 38.1 Å². The zero-order valence-corrected chi connectivity index (χ0v) is 19.6. The molecular formula is C26H31N3OSi. The normalized spacial score (nSPS) is 11.9. The van der Waals surface area contributed by atoms with Crippen LogP contribution in [0.1, 0.15) is 17.2 Å². The lowest BCUT2D eigenvalue weighted by atomic mass is 9.98. The number of hydrogen-bond acceptors (Lipinski definition) is 3. The highest BCUT2D eigenvalue weighted by Gasteiger charge is 2.16. The highest BCUT2D eigenvalue weighted by atomic mass is 28.3. The van der Waals surface area contributed by atoms with E-state index in [-0.39, 0.29) is 6.04 Å². The number of fused-ring (bicyclic) bond motifs is 1. The lowest BCUT2D eigenvalue weighted by Gasteiger charge is -2.21. The van der Waals surface area contributed by atoms with Gasteiger partial charge in [0.1, 0.15) is 12.4 Å². The van der Waals surface area contributed by atoms with Gasteiger partial charge in [0.05, 0.1) is 6.04 Å². The first-order chi connectivity index (χ1) is 15.0. The molecule has 4 rings (SSSR count). The van der Waals surface area contributed by atoms with Crippen LogP contribution in [0.2, 0.25) is 25.7 Å². The number of nitrogens with one attached hydrogen (secondary N) is 1. The van der Waals surface area contributed by atoms with E-state index in [0.29, 0.717) is 6.73 Å². The summed E-state index contributed by atoms with van der Waals surface area (Å²) < 4.78 is 8.05. The summed E-state index contributed by atoms with van der Waals surface area (Å²) in [5.74, 6) is 0. The molecule has 0 aliphatic carbocycles. The third kappa shape index (κ3) is 5.43. The van der Waals surface area contributed by atoms with Crippen LogP contribution in [0.15, 0.2) is 85.2 Å². The number of nitrogens with zero attached hydrogens (tertiary/aromatic N) is 2. The van der Waals surface area contributed by atoms with Gasteiger partial charge in [0.2, 0.25) is 0 Å². The smallest absolute Gasteiger partial charge is 0.143 e. The second-order valence-electron chi connectivity index (χ2n) is 9.13. The Morgan fingerprint density at radius 2 is 1.55 bits per heavy atom. The van der Waals surface area contributed by atoms with E-state index in [9.17, 15) is 0 Å². The molecule has 5 heteroatoms. The van der Waals surface area contributed by atoms with Crippen LogP contribution in [0.3, 0.4) is 0 Å². The number of aromatic nitrogens is 2. The minimum absolute atomic E-state index is 0.0596. The molecule has 0 atom stereocenters. The van der Waals surface area contributed by atoms with Crippen molar-refractivity contribution in [2.45, 2.75) is 38.5 Å². The molecule has 0 bridgehead atoms. The maximum Gasteiger partial charge on any atom is 0.143 e.